The van der Waals surface area contributed by atoms with E-state index >= 15 is 0 Å². The highest BCUT2D eigenvalue weighted by Gasteiger charge is 2.24. The minimum atomic E-state index is -0.382. The third-order valence-electron chi connectivity index (χ3n) is 5.36. The van der Waals surface area contributed by atoms with E-state index in [2.05, 4.69) is 10.2 Å². The van der Waals surface area contributed by atoms with E-state index in [4.69, 9.17) is 4.74 Å². The number of halogens is 1. The SMILES string of the molecule is CC(CN1CCOCC1)N(Cc1ccccc1)C(=O)CNC(=O)Cc1cccc(F)c1. The van der Waals surface area contributed by atoms with Crippen molar-refractivity contribution in [2.75, 3.05) is 39.4 Å². The monoisotopic (exact) mass is 427 g/mol. The molecule has 1 N–H and O–H groups in total. The van der Waals surface area contributed by atoms with Crippen molar-refractivity contribution in [3.8, 4) is 0 Å². The van der Waals surface area contributed by atoms with Crippen molar-refractivity contribution in [2.45, 2.75) is 25.9 Å². The summed E-state index contributed by atoms with van der Waals surface area (Å²) < 4.78 is 18.7. The predicted octanol–water partition coefficient (Wildman–Crippen LogP) is 2.23. The Labute approximate surface area is 183 Å². The van der Waals surface area contributed by atoms with Gasteiger partial charge in [0.2, 0.25) is 11.8 Å². The summed E-state index contributed by atoms with van der Waals surface area (Å²) in [6.45, 7) is 6.28. The molecule has 1 aliphatic rings. The largest absolute Gasteiger partial charge is 0.379 e. The van der Waals surface area contributed by atoms with Crippen LogP contribution in [0.1, 0.15) is 18.1 Å². The molecule has 2 aromatic rings. The molecule has 0 saturated carbocycles. The molecule has 0 bridgehead atoms. The van der Waals surface area contributed by atoms with Gasteiger partial charge in [0.25, 0.3) is 0 Å². The number of ether oxygens (including phenoxy) is 1. The number of carbonyl (C=O) groups is 2. The second-order valence-corrected chi connectivity index (χ2v) is 7.85. The molecule has 3 rings (SSSR count). The summed E-state index contributed by atoms with van der Waals surface area (Å²) in [6, 6.07) is 15.7. The van der Waals surface area contributed by atoms with Crippen molar-refractivity contribution in [1.29, 1.82) is 0 Å². The third kappa shape index (κ3) is 7.45. The molecule has 31 heavy (non-hydrogen) atoms. The second-order valence-electron chi connectivity index (χ2n) is 7.85. The first-order chi connectivity index (χ1) is 15.0. The fourth-order valence-electron chi connectivity index (χ4n) is 3.70. The van der Waals surface area contributed by atoms with Gasteiger partial charge in [0.1, 0.15) is 5.82 Å². The number of hydrogen-bond donors (Lipinski definition) is 1. The molecular weight excluding hydrogens is 397 g/mol. The van der Waals surface area contributed by atoms with E-state index in [1.807, 2.05) is 42.2 Å². The van der Waals surface area contributed by atoms with Gasteiger partial charge in [-0.05, 0) is 30.2 Å². The summed E-state index contributed by atoms with van der Waals surface area (Å²) in [4.78, 5) is 29.4. The van der Waals surface area contributed by atoms with E-state index in [0.717, 1.165) is 25.2 Å². The first kappa shape index (κ1) is 22.9. The average molecular weight is 428 g/mol. The highest BCUT2D eigenvalue weighted by Crippen LogP contribution is 2.11. The molecule has 0 aromatic heterocycles. The molecule has 6 nitrogen and oxygen atoms in total. The van der Waals surface area contributed by atoms with Crippen LogP contribution in [0, 0.1) is 5.82 Å². The molecule has 1 unspecified atom stereocenters. The van der Waals surface area contributed by atoms with Gasteiger partial charge in [0, 0.05) is 32.2 Å². The lowest BCUT2D eigenvalue weighted by atomic mass is 10.1. The Bertz CT molecular complexity index is 856. The number of nitrogens with one attached hydrogen (secondary N) is 1. The van der Waals surface area contributed by atoms with Crippen molar-refractivity contribution >= 4 is 11.8 Å². The lowest BCUT2D eigenvalue weighted by Gasteiger charge is -2.35. The molecule has 2 aromatic carbocycles. The van der Waals surface area contributed by atoms with Crippen LogP contribution in [0.25, 0.3) is 0 Å². The van der Waals surface area contributed by atoms with E-state index in [0.29, 0.717) is 25.3 Å². The summed E-state index contributed by atoms with van der Waals surface area (Å²) in [6.07, 6.45) is 0.0348. The van der Waals surface area contributed by atoms with Gasteiger partial charge >= 0.3 is 0 Å². The van der Waals surface area contributed by atoms with E-state index in [9.17, 15) is 14.0 Å². The Hall–Kier alpha value is -2.77. The molecular formula is C24H30FN3O3. The van der Waals surface area contributed by atoms with Gasteiger partial charge in [-0.2, -0.15) is 0 Å². The summed E-state index contributed by atoms with van der Waals surface area (Å²) in [5.41, 5.74) is 1.61. The second kappa shape index (κ2) is 11.6. The highest BCUT2D eigenvalue weighted by atomic mass is 19.1. The van der Waals surface area contributed by atoms with Crippen LogP contribution in [0.5, 0.6) is 0 Å². The number of carbonyl (C=O) groups excluding carboxylic acids is 2. The van der Waals surface area contributed by atoms with Gasteiger partial charge in [-0.1, -0.05) is 42.5 Å². The maximum absolute atomic E-state index is 13.3. The molecule has 7 heteroatoms. The van der Waals surface area contributed by atoms with Gasteiger partial charge < -0.3 is 15.0 Å². The Kier molecular flexibility index (Phi) is 8.55. The summed E-state index contributed by atoms with van der Waals surface area (Å²) in [7, 11) is 0. The first-order valence-corrected chi connectivity index (χ1v) is 10.7. The summed E-state index contributed by atoms with van der Waals surface area (Å²) >= 11 is 0. The molecule has 2 amide bonds. The zero-order valence-corrected chi connectivity index (χ0v) is 17.9. The lowest BCUT2D eigenvalue weighted by molar-refractivity contribution is -0.135. The maximum atomic E-state index is 13.3. The molecule has 1 atom stereocenters. The number of amides is 2. The van der Waals surface area contributed by atoms with E-state index < -0.39 is 0 Å². The zero-order valence-electron chi connectivity index (χ0n) is 17.9. The topological polar surface area (TPSA) is 61.9 Å². The average Bonchev–Trinajstić information content (AvgIpc) is 2.77. The molecule has 1 fully saturated rings. The normalized spacial score (nSPS) is 15.3. The van der Waals surface area contributed by atoms with Crippen LogP contribution < -0.4 is 5.32 Å². The molecule has 0 spiro atoms. The standard InChI is InChI=1S/C24H30FN3O3/c1-19(17-27-10-12-31-13-11-27)28(18-20-6-3-2-4-7-20)24(30)16-26-23(29)15-21-8-5-9-22(25)14-21/h2-9,14,19H,10-13,15-18H2,1H3,(H,26,29). The fourth-order valence-corrected chi connectivity index (χ4v) is 3.70. The minimum absolute atomic E-state index is 0.0223. The van der Waals surface area contributed by atoms with Gasteiger partial charge in [-0.15, -0.1) is 0 Å². The Morgan fingerprint density at radius 3 is 2.52 bits per heavy atom. The number of benzene rings is 2. The molecule has 1 saturated heterocycles. The van der Waals surface area contributed by atoms with E-state index in [-0.39, 0.29) is 36.6 Å². The van der Waals surface area contributed by atoms with Crippen LogP contribution in [0.4, 0.5) is 4.39 Å². The van der Waals surface area contributed by atoms with E-state index in [1.165, 1.54) is 12.1 Å². The third-order valence-corrected chi connectivity index (χ3v) is 5.36. The number of hydrogen-bond acceptors (Lipinski definition) is 4. The van der Waals surface area contributed by atoms with Crippen LogP contribution in [0.2, 0.25) is 0 Å². The fraction of sp³-hybridized carbons (Fsp3) is 0.417. The summed E-state index contributed by atoms with van der Waals surface area (Å²) in [5, 5.41) is 2.69. The number of morpholine rings is 1. The van der Waals surface area contributed by atoms with E-state index in [1.54, 1.807) is 12.1 Å². The minimum Gasteiger partial charge on any atom is -0.379 e. The molecule has 0 radical (unpaired) electrons. The summed E-state index contributed by atoms with van der Waals surface area (Å²) in [5.74, 6) is -0.830. The van der Waals surface area contributed by atoms with Gasteiger partial charge in [-0.3, -0.25) is 14.5 Å². The van der Waals surface area contributed by atoms with Crippen LogP contribution in [0.15, 0.2) is 54.6 Å². The Morgan fingerprint density at radius 2 is 1.81 bits per heavy atom. The Morgan fingerprint density at radius 1 is 1.10 bits per heavy atom. The molecule has 166 valence electrons. The quantitative estimate of drug-likeness (QED) is 0.667. The van der Waals surface area contributed by atoms with Crippen molar-refractivity contribution in [3.05, 3.63) is 71.5 Å². The van der Waals surface area contributed by atoms with Crippen LogP contribution in [-0.4, -0.2) is 67.0 Å². The van der Waals surface area contributed by atoms with Crippen molar-refractivity contribution < 1.29 is 18.7 Å². The predicted molar refractivity (Wildman–Crippen MR) is 117 cm³/mol. The number of rotatable bonds is 9. The van der Waals surface area contributed by atoms with Crippen molar-refractivity contribution in [2.24, 2.45) is 0 Å². The lowest BCUT2D eigenvalue weighted by Crippen LogP contribution is -2.50. The molecule has 0 aliphatic carbocycles. The van der Waals surface area contributed by atoms with Crippen LogP contribution >= 0.6 is 0 Å². The van der Waals surface area contributed by atoms with Gasteiger partial charge in [0.05, 0.1) is 26.2 Å². The molecule has 1 aliphatic heterocycles. The van der Waals surface area contributed by atoms with Gasteiger partial charge in [0.15, 0.2) is 0 Å². The van der Waals surface area contributed by atoms with Crippen LogP contribution in [-0.2, 0) is 27.3 Å². The van der Waals surface area contributed by atoms with Crippen LogP contribution in [0.3, 0.4) is 0 Å². The smallest absolute Gasteiger partial charge is 0.242 e. The Balaban J connectivity index is 1.59. The first-order valence-electron chi connectivity index (χ1n) is 10.7. The molecule has 1 heterocycles. The van der Waals surface area contributed by atoms with Crippen molar-refractivity contribution in [3.63, 3.8) is 0 Å². The van der Waals surface area contributed by atoms with Crippen molar-refractivity contribution in [1.82, 2.24) is 15.1 Å². The maximum Gasteiger partial charge on any atom is 0.242 e. The number of nitrogens with zero attached hydrogens (tertiary/aromatic N) is 2. The highest BCUT2D eigenvalue weighted by molar-refractivity contribution is 5.85. The zero-order chi connectivity index (χ0) is 22.1. The van der Waals surface area contributed by atoms with Gasteiger partial charge in [-0.25, -0.2) is 4.39 Å².